The van der Waals surface area contributed by atoms with Gasteiger partial charge in [0.1, 0.15) is 24.4 Å². The number of aliphatic hydroxyl groups is 5. The number of esters is 1. The van der Waals surface area contributed by atoms with Crippen LogP contribution in [-0.2, 0) is 23.8 Å². The van der Waals surface area contributed by atoms with Crippen LogP contribution in [0.25, 0.3) is 0 Å². The molecule has 1 fully saturated rings. The highest BCUT2D eigenvalue weighted by Gasteiger charge is 2.47. The first-order valence-electron chi connectivity index (χ1n) is 34.6. The Bertz CT molecular complexity index is 1400. The molecule has 1 heterocycles. The predicted molar refractivity (Wildman–Crippen MR) is 334 cm³/mol. The summed E-state index contributed by atoms with van der Waals surface area (Å²) in [7, 11) is 0. The van der Waals surface area contributed by atoms with E-state index in [0.29, 0.717) is 19.3 Å². The third-order valence-electron chi connectivity index (χ3n) is 16.6. The summed E-state index contributed by atoms with van der Waals surface area (Å²) in [6.07, 6.45) is 58.2. The number of nitrogens with one attached hydrogen (secondary N) is 1. The third-order valence-corrected chi connectivity index (χ3v) is 16.6. The normalized spacial score (nSPS) is 18.8. The molecule has 11 heteroatoms. The second-order valence-electron chi connectivity index (χ2n) is 24.3. The van der Waals surface area contributed by atoms with Crippen LogP contribution >= 0.6 is 0 Å². The van der Waals surface area contributed by atoms with Crippen molar-refractivity contribution in [3.05, 3.63) is 24.3 Å². The average Bonchev–Trinajstić information content (AvgIpc) is 3.46. The van der Waals surface area contributed by atoms with Crippen molar-refractivity contribution in [3.8, 4) is 0 Å². The van der Waals surface area contributed by atoms with E-state index in [-0.39, 0.29) is 13.0 Å². The highest BCUT2D eigenvalue weighted by Crippen LogP contribution is 2.26. The largest absolute Gasteiger partial charge is 0.454 e. The lowest BCUT2D eigenvalue weighted by Gasteiger charge is -2.41. The zero-order chi connectivity index (χ0) is 58.2. The van der Waals surface area contributed by atoms with Crippen LogP contribution in [0.4, 0.5) is 0 Å². The molecule has 0 aromatic heterocycles. The van der Waals surface area contributed by atoms with Crippen molar-refractivity contribution < 1.29 is 49.3 Å². The van der Waals surface area contributed by atoms with Gasteiger partial charge in [-0.1, -0.05) is 308 Å². The first-order valence-corrected chi connectivity index (χ1v) is 34.6. The summed E-state index contributed by atoms with van der Waals surface area (Å²) in [5.74, 6) is -1.20. The number of amides is 1. The van der Waals surface area contributed by atoms with Crippen molar-refractivity contribution in [2.75, 3.05) is 13.2 Å². The first-order chi connectivity index (χ1) is 39.2. The van der Waals surface area contributed by atoms with Crippen LogP contribution in [-0.4, -0.2) is 99.6 Å². The third kappa shape index (κ3) is 44.6. The number of unbranched alkanes of at least 4 members (excludes halogenated alkanes) is 44. The van der Waals surface area contributed by atoms with E-state index in [1.54, 1.807) is 6.08 Å². The molecule has 6 N–H and O–H groups in total. The van der Waals surface area contributed by atoms with Gasteiger partial charge in [0.15, 0.2) is 12.4 Å². The molecule has 1 aliphatic rings. The van der Waals surface area contributed by atoms with Gasteiger partial charge in [0.05, 0.1) is 25.4 Å². The van der Waals surface area contributed by atoms with E-state index < -0.39 is 67.4 Å². The number of rotatable bonds is 60. The molecule has 80 heavy (non-hydrogen) atoms. The lowest BCUT2D eigenvalue weighted by Crippen LogP contribution is -2.61. The number of carbonyl (C=O) groups is 2. The SMILES string of the molecule is CCCCCCCCC/C=C\CCCCCC(=O)OC1C(OCC(NC(=O)C(O)CCCCCCCCCCCCCCCCCCCCCCCCCCCC)C(O)/C=C/CCCCCCCCCCC)OC(CO)C(O)C1O. The number of carbonyl (C=O) groups excluding carboxylic acids is 2. The molecule has 0 saturated carbocycles. The Morgan fingerprint density at radius 1 is 0.475 bits per heavy atom. The predicted octanol–water partition coefficient (Wildman–Crippen LogP) is 17.2. The molecule has 0 aliphatic carbocycles. The molecule has 0 spiro atoms. The Balaban J connectivity index is 2.53. The summed E-state index contributed by atoms with van der Waals surface area (Å²) in [6, 6.07) is -1.02. The number of allylic oxidation sites excluding steroid dienone is 3. The van der Waals surface area contributed by atoms with Gasteiger partial charge in [-0.2, -0.15) is 0 Å². The van der Waals surface area contributed by atoms with Gasteiger partial charge >= 0.3 is 5.97 Å². The smallest absolute Gasteiger partial charge is 0.306 e. The average molecular weight is 1130 g/mol. The van der Waals surface area contributed by atoms with Crippen LogP contribution in [0.2, 0.25) is 0 Å². The van der Waals surface area contributed by atoms with Crippen LogP contribution in [0.5, 0.6) is 0 Å². The minimum Gasteiger partial charge on any atom is -0.454 e. The molecular weight excluding hydrogens is 1000 g/mol. The summed E-state index contributed by atoms with van der Waals surface area (Å²) in [5, 5.41) is 57.1. The zero-order valence-electron chi connectivity index (χ0n) is 52.5. The molecule has 1 amide bonds. The molecule has 11 nitrogen and oxygen atoms in total. The molecular formula is C69H131NO10. The van der Waals surface area contributed by atoms with Crippen molar-refractivity contribution in [2.45, 2.75) is 391 Å². The Kier molecular flexibility index (Phi) is 54.8. The summed E-state index contributed by atoms with van der Waals surface area (Å²) < 4.78 is 17.6. The van der Waals surface area contributed by atoms with E-state index >= 15 is 0 Å². The van der Waals surface area contributed by atoms with E-state index in [1.807, 2.05) is 6.08 Å². The maximum Gasteiger partial charge on any atom is 0.306 e. The van der Waals surface area contributed by atoms with Crippen LogP contribution in [0.3, 0.4) is 0 Å². The lowest BCUT2D eigenvalue weighted by atomic mass is 9.99. The van der Waals surface area contributed by atoms with Gasteiger partial charge in [0, 0.05) is 6.42 Å². The van der Waals surface area contributed by atoms with Gasteiger partial charge in [-0.3, -0.25) is 9.59 Å². The fourth-order valence-corrected chi connectivity index (χ4v) is 11.1. The molecule has 0 bridgehead atoms. The highest BCUT2D eigenvalue weighted by atomic mass is 16.7. The fraction of sp³-hybridized carbons (Fsp3) is 0.913. The topological polar surface area (TPSA) is 175 Å². The molecule has 0 aromatic carbocycles. The van der Waals surface area contributed by atoms with Gasteiger partial charge in [-0.05, 0) is 51.4 Å². The first kappa shape index (κ1) is 76.2. The number of ether oxygens (including phenoxy) is 3. The van der Waals surface area contributed by atoms with Crippen molar-refractivity contribution in [1.82, 2.24) is 5.32 Å². The van der Waals surface area contributed by atoms with E-state index in [1.165, 1.54) is 231 Å². The standard InChI is InChI=1S/C69H131NO10/c1-4-7-10-13-16-19-22-24-26-27-28-29-30-31-32-33-34-35-36-37-38-41-44-47-50-53-56-62(73)68(77)70-60(61(72)55-52-49-46-43-40-21-18-15-12-9-6-3)59-78-69-67(66(76)65(75)63(58-71)79-69)80-64(74)57-54-51-48-45-42-39-25-23-20-17-14-11-8-5-2/h39,42,52,55,60-63,65-67,69,71-73,75-76H,4-38,40-41,43-51,53-54,56-59H2,1-3H3,(H,70,77)/b42-39-,55-52+. The van der Waals surface area contributed by atoms with E-state index in [2.05, 4.69) is 38.2 Å². The molecule has 8 atom stereocenters. The highest BCUT2D eigenvalue weighted by molar-refractivity contribution is 5.80. The van der Waals surface area contributed by atoms with Crippen LogP contribution in [0, 0.1) is 0 Å². The van der Waals surface area contributed by atoms with Crippen LogP contribution in [0.15, 0.2) is 24.3 Å². The molecule has 0 radical (unpaired) electrons. The van der Waals surface area contributed by atoms with Gasteiger partial charge in [-0.15, -0.1) is 0 Å². The van der Waals surface area contributed by atoms with Crippen LogP contribution < -0.4 is 5.32 Å². The van der Waals surface area contributed by atoms with Crippen molar-refractivity contribution in [3.63, 3.8) is 0 Å². The summed E-state index contributed by atoms with van der Waals surface area (Å²) in [5.41, 5.74) is 0. The van der Waals surface area contributed by atoms with Crippen molar-refractivity contribution in [2.24, 2.45) is 0 Å². The monoisotopic (exact) mass is 1130 g/mol. The molecule has 0 aromatic rings. The van der Waals surface area contributed by atoms with Crippen LogP contribution in [0.1, 0.15) is 342 Å². The van der Waals surface area contributed by atoms with E-state index in [4.69, 9.17) is 14.2 Å². The van der Waals surface area contributed by atoms with Gasteiger partial charge in [0.2, 0.25) is 5.91 Å². The van der Waals surface area contributed by atoms with Gasteiger partial charge in [0.25, 0.3) is 0 Å². The Morgan fingerprint density at radius 2 is 0.825 bits per heavy atom. The molecule has 1 saturated heterocycles. The zero-order valence-corrected chi connectivity index (χ0v) is 52.5. The fourth-order valence-electron chi connectivity index (χ4n) is 11.1. The maximum absolute atomic E-state index is 13.5. The van der Waals surface area contributed by atoms with Gasteiger partial charge in [-0.25, -0.2) is 0 Å². The second kappa shape index (κ2) is 57.6. The number of aliphatic hydroxyl groups excluding tert-OH is 5. The Hall–Kier alpha value is -1.86. The number of hydrogen-bond donors (Lipinski definition) is 6. The second-order valence-corrected chi connectivity index (χ2v) is 24.3. The minimum absolute atomic E-state index is 0.107. The lowest BCUT2D eigenvalue weighted by molar-refractivity contribution is -0.305. The summed E-state index contributed by atoms with van der Waals surface area (Å²) in [4.78, 5) is 26.6. The molecule has 1 aliphatic heterocycles. The van der Waals surface area contributed by atoms with E-state index in [9.17, 15) is 35.1 Å². The number of hydrogen-bond acceptors (Lipinski definition) is 10. The maximum atomic E-state index is 13.5. The quantitative estimate of drug-likeness (QED) is 0.0195. The van der Waals surface area contributed by atoms with Crippen molar-refractivity contribution >= 4 is 11.9 Å². The minimum atomic E-state index is -1.62. The summed E-state index contributed by atoms with van der Waals surface area (Å²) in [6.45, 7) is 5.81. The van der Waals surface area contributed by atoms with Crippen molar-refractivity contribution in [1.29, 1.82) is 0 Å². The molecule has 8 unspecified atom stereocenters. The molecule has 1 rings (SSSR count). The molecule has 472 valence electrons. The van der Waals surface area contributed by atoms with Gasteiger partial charge < -0.3 is 45.1 Å². The summed E-state index contributed by atoms with van der Waals surface area (Å²) >= 11 is 0. The Morgan fingerprint density at radius 3 is 1.21 bits per heavy atom. The Labute approximate surface area is 492 Å². The van der Waals surface area contributed by atoms with E-state index in [0.717, 1.165) is 64.2 Å².